The van der Waals surface area contributed by atoms with E-state index in [0.29, 0.717) is 6.42 Å². The lowest BCUT2D eigenvalue weighted by Gasteiger charge is -2.30. The van der Waals surface area contributed by atoms with Gasteiger partial charge in [-0.2, -0.15) is 0 Å². The molecule has 1 unspecified atom stereocenters. The second kappa shape index (κ2) is 5.13. The van der Waals surface area contributed by atoms with Crippen molar-refractivity contribution in [3.8, 4) is 11.5 Å². The Morgan fingerprint density at radius 2 is 2.05 bits per heavy atom. The molecule has 0 aliphatic carbocycles. The molecule has 2 aromatic rings. The Bertz CT molecular complexity index is 630. The summed E-state index contributed by atoms with van der Waals surface area (Å²) in [6, 6.07) is 12.5. The predicted molar refractivity (Wildman–Crippen MR) is 74.3 cm³/mol. The topological polar surface area (TPSA) is 44.5 Å². The highest BCUT2D eigenvalue weighted by Crippen LogP contribution is 2.39. The van der Waals surface area contributed by atoms with Gasteiger partial charge in [0.1, 0.15) is 11.9 Å². The number of hydrogen-bond donors (Lipinski definition) is 1. The van der Waals surface area contributed by atoms with E-state index in [9.17, 15) is 4.39 Å². The maximum Gasteiger partial charge on any atom is 0.165 e. The van der Waals surface area contributed by atoms with Crippen LogP contribution in [-0.4, -0.2) is 7.11 Å². The fraction of sp³-hybridized carbons (Fsp3) is 0.250. The van der Waals surface area contributed by atoms with Crippen molar-refractivity contribution in [2.75, 3.05) is 7.11 Å². The molecule has 1 aliphatic heterocycles. The first kappa shape index (κ1) is 12.9. The van der Waals surface area contributed by atoms with Gasteiger partial charge in [0.15, 0.2) is 11.6 Å². The molecule has 2 N–H and O–H groups in total. The van der Waals surface area contributed by atoms with E-state index in [4.69, 9.17) is 15.2 Å². The molecule has 0 saturated carbocycles. The fourth-order valence-electron chi connectivity index (χ4n) is 2.54. The van der Waals surface area contributed by atoms with E-state index in [0.717, 1.165) is 16.9 Å². The first-order valence-corrected chi connectivity index (χ1v) is 6.53. The van der Waals surface area contributed by atoms with E-state index < -0.39 is 0 Å². The van der Waals surface area contributed by atoms with Crippen molar-refractivity contribution in [2.45, 2.75) is 18.6 Å². The van der Waals surface area contributed by atoms with Crippen LogP contribution in [0.4, 0.5) is 4.39 Å². The standard InChI is InChI=1S/C16H16FNO2/c1-19-15-7-6-10(8-12(15)17)16-9-13(18)11-4-2-3-5-14(11)20-16/h2-8,13,16H,9,18H2,1H3/t13-,16?/m1/s1. The normalized spacial score (nSPS) is 20.9. The number of ether oxygens (including phenoxy) is 2. The van der Waals surface area contributed by atoms with Gasteiger partial charge in [0, 0.05) is 18.0 Å². The minimum Gasteiger partial charge on any atom is -0.494 e. The Balaban J connectivity index is 1.91. The zero-order chi connectivity index (χ0) is 14.1. The second-order valence-corrected chi connectivity index (χ2v) is 4.88. The third-order valence-corrected chi connectivity index (χ3v) is 3.60. The van der Waals surface area contributed by atoms with Gasteiger partial charge < -0.3 is 15.2 Å². The van der Waals surface area contributed by atoms with Gasteiger partial charge in [-0.3, -0.25) is 0 Å². The van der Waals surface area contributed by atoms with Crippen LogP contribution in [0.1, 0.15) is 29.7 Å². The van der Waals surface area contributed by atoms with E-state index in [1.165, 1.54) is 13.2 Å². The summed E-state index contributed by atoms with van der Waals surface area (Å²) in [7, 11) is 1.45. The summed E-state index contributed by atoms with van der Waals surface area (Å²) in [5, 5.41) is 0. The number of fused-ring (bicyclic) bond motifs is 1. The zero-order valence-corrected chi connectivity index (χ0v) is 11.2. The SMILES string of the molecule is COc1ccc(C2C[C@@H](N)c3ccccc3O2)cc1F. The molecule has 0 saturated heterocycles. The largest absolute Gasteiger partial charge is 0.494 e. The van der Waals surface area contributed by atoms with Crippen molar-refractivity contribution in [1.82, 2.24) is 0 Å². The molecular formula is C16H16FNO2. The third-order valence-electron chi connectivity index (χ3n) is 3.60. The second-order valence-electron chi connectivity index (χ2n) is 4.88. The summed E-state index contributed by atoms with van der Waals surface area (Å²) in [6.45, 7) is 0. The summed E-state index contributed by atoms with van der Waals surface area (Å²) >= 11 is 0. The van der Waals surface area contributed by atoms with Gasteiger partial charge in [-0.1, -0.05) is 24.3 Å². The summed E-state index contributed by atoms with van der Waals surface area (Å²) in [5.41, 5.74) is 7.94. The molecule has 0 fully saturated rings. The summed E-state index contributed by atoms with van der Waals surface area (Å²) in [6.07, 6.45) is 0.392. The van der Waals surface area contributed by atoms with E-state index in [-0.39, 0.29) is 23.7 Å². The van der Waals surface area contributed by atoms with Gasteiger partial charge >= 0.3 is 0 Å². The summed E-state index contributed by atoms with van der Waals surface area (Å²) < 4.78 is 24.6. The molecule has 0 radical (unpaired) electrons. The minimum absolute atomic E-state index is 0.102. The maximum atomic E-state index is 13.8. The lowest BCUT2D eigenvalue weighted by atomic mass is 9.93. The molecule has 4 heteroatoms. The molecule has 1 aliphatic rings. The Kier molecular flexibility index (Phi) is 3.32. The first-order chi connectivity index (χ1) is 9.69. The molecule has 0 aromatic heterocycles. The number of hydrogen-bond acceptors (Lipinski definition) is 3. The van der Waals surface area contributed by atoms with Crippen LogP contribution in [0.2, 0.25) is 0 Å². The van der Waals surface area contributed by atoms with Gasteiger partial charge in [0.05, 0.1) is 7.11 Å². The highest BCUT2D eigenvalue weighted by Gasteiger charge is 2.27. The number of nitrogens with two attached hydrogens (primary N) is 1. The molecule has 1 heterocycles. The van der Waals surface area contributed by atoms with Gasteiger partial charge in [-0.05, 0) is 23.8 Å². The van der Waals surface area contributed by atoms with E-state index in [1.54, 1.807) is 6.07 Å². The number of halogens is 1. The van der Waals surface area contributed by atoms with Gasteiger partial charge in [0.25, 0.3) is 0 Å². The van der Waals surface area contributed by atoms with Crippen molar-refractivity contribution >= 4 is 0 Å². The Labute approximate surface area is 117 Å². The van der Waals surface area contributed by atoms with Crippen LogP contribution >= 0.6 is 0 Å². The highest BCUT2D eigenvalue weighted by molar-refractivity contribution is 5.39. The van der Waals surface area contributed by atoms with Crippen LogP contribution in [0.3, 0.4) is 0 Å². The van der Waals surface area contributed by atoms with Crippen LogP contribution in [-0.2, 0) is 0 Å². The van der Waals surface area contributed by atoms with Crippen molar-refractivity contribution in [3.05, 3.63) is 59.4 Å². The number of benzene rings is 2. The smallest absolute Gasteiger partial charge is 0.165 e. The van der Waals surface area contributed by atoms with Crippen molar-refractivity contribution in [1.29, 1.82) is 0 Å². The highest BCUT2D eigenvalue weighted by atomic mass is 19.1. The van der Waals surface area contributed by atoms with Crippen LogP contribution < -0.4 is 15.2 Å². The summed E-state index contributed by atoms with van der Waals surface area (Å²) in [4.78, 5) is 0. The lowest BCUT2D eigenvalue weighted by molar-refractivity contribution is 0.161. The van der Waals surface area contributed by atoms with E-state index >= 15 is 0 Å². The van der Waals surface area contributed by atoms with Crippen LogP contribution in [0.5, 0.6) is 11.5 Å². The molecule has 0 amide bonds. The van der Waals surface area contributed by atoms with Crippen LogP contribution in [0.25, 0.3) is 0 Å². The van der Waals surface area contributed by atoms with Crippen LogP contribution in [0.15, 0.2) is 42.5 Å². The van der Waals surface area contributed by atoms with E-state index in [1.807, 2.05) is 30.3 Å². The predicted octanol–water partition coefficient (Wildman–Crippen LogP) is 3.36. The molecule has 0 spiro atoms. The summed E-state index contributed by atoms with van der Waals surface area (Å²) in [5.74, 6) is 0.614. The molecule has 2 atom stereocenters. The Morgan fingerprint density at radius 3 is 2.80 bits per heavy atom. The molecular weight excluding hydrogens is 257 g/mol. The molecule has 104 valence electrons. The number of para-hydroxylation sites is 1. The van der Waals surface area contributed by atoms with Gasteiger partial charge in [-0.15, -0.1) is 0 Å². The first-order valence-electron chi connectivity index (χ1n) is 6.53. The quantitative estimate of drug-likeness (QED) is 0.912. The molecule has 3 nitrogen and oxygen atoms in total. The average molecular weight is 273 g/mol. The van der Waals surface area contributed by atoms with Crippen molar-refractivity contribution in [3.63, 3.8) is 0 Å². The molecule has 20 heavy (non-hydrogen) atoms. The third kappa shape index (κ3) is 2.23. The van der Waals surface area contributed by atoms with E-state index in [2.05, 4.69) is 0 Å². The van der Waals surface area contributed by atoms with Crippen molar-refractivity contribution < 1.29 is 13.9 Å². The molecule has 0 bridgehead atoms. The Hall–Kier alpha value is -2.07. The Morgan fingerprint density at radius 1 is 1.25 bits per heavy atom. The number of rotatable bonds is 2. The zero-order valence-electron chi connectivity index (χ0n) is 11.2. The fourth-order valence-corrected chi connectivity index (χ4v) is 2.54. The average Bonchev–Trinajstić information content (AvgIpc) is 2.47. The monoisotopic (exact) mass is 273 g/mol. The van der Waals surface area contributed by atoms with Crippen molar-refractivity contribution in [2.24, 2.45) is 5.73 Å². The van der Waals surface area contributed by atoms with Crippen LogP contribution in [0, 0.1) is 5.82 Å². The molecule has 2 aromatic carbocycles. The number of methoxy groups -OCH3 is 1. The van der Waals surface area contributed by atoms with Gasteiger partial charge in [-0.25, -0.2) is 4.39 Å². The van der Waals surface area contributed by atoms with Gasteiger partial charge in [0.2, 0.25) is 0 Å². The lowest BCUT2D eigenvalue weighted by Crippen LogP contribution is -2.24. The minimum atomic E-state index is -0.388. The molecule has 3 rings (SSSR count). The maximum absolute atomic E-state index is 13.8.